The van der Waals surface area contributed by atoms with E-state index in [2.05, 4.69) is 11.1 Å². The molecule has 58 valence electrons. The molecular weight excluding hydrogens is 142 g/mol. The molecule has 0 spiro atoms. The summed E-state index contributed by atoms with van der Waals surface area (Å²) in [5.74, 6) is 0.409. The summed E-state index contributed by atoms with van der Waals surface area (Å²) < 4.78 is 2.09. The van der Waals surface area contributed by atoms with Crippen LogP contribution in [0.15, 0.2) is 0 Å². The second-order valence-corrected chi connectivity index (χ2v) is 4.18. The van der Waals surface area contributed by atoms with Gasteiger partial charge in [0.2, 0.25) is 5.91 Å². The van der Waals surface area contributed by atoms with Crippen molar-refractivity contribution in [3.63, 3.8) is 0 Å². The minimum absolute atomic E-state index is 0.218. The molecule has 3 heteroatoms. The van der Waals surface area contributed by atoms with Crippen LogP contribution >= 0.6 is 0 Å². The van der Waals surface area contributed by atoms with Gasteiger partial charge in [-0.15, -0.1) is 0 Å². The van der Waals surface area contributed by atoms with Gasteiger partial charge in [-0.3, -0.25) is 4.79 Å². The number of hydrogen-bond acceptors (Lipinski definition) is 1. The Bertz CT molecular complexity index is 127. The van der Waals surface area contributed by atoms with Crippen molar-refractivity contribution in [2.24, 2.45) is 0 Å². The lowest BCUT2D eigenvalue weighted by Gasteiger charge is -2.17. The highest BCUT2D eigenvalue weighted by Crippen LogP contribution is 2.09. The Morgan fingerprint density at radius 1 is 1.40 bits per heavy atom. The molecule has 0 atom stereocenters. The maximum Gasteiger partial charge on any atom is 0.214 e. The van der Waals surface area contributed by atoms with E-state index >= 15 is 0 Å². The molecule has 1 aliphatic heterocycles. The van der Waals surface area contributed by atoms with Crippen LogP contribution in [0.4, 0.5) is 0 Å². The molecule has 0 unspecified atom stereocenters. The number of nitrogens with zero attached hydrogens (tertiary/aromatic N) is 1. The van der Waals surface area contributed by atoms with Crippen molar-refractivity contribution in [3.8, 4) is 0 Å². The number of hydrogen-bond donors (Lipinski definition) is 0. The summed E-state index contributed by atoms with van der Waals surface area (Å²) in [4.78, 5) is 11.2. The van der Waals surface area contributed by atoms with Crippen molar-refractivity contribution in [1.29, 1.82) is 0 Å². The molecule has 0 radical (unpaired) electrons. The number of carbonyl (C=O) groups is 1. The van der Waals surface area contributed by atoms with Gasteiger partial charge in [0.05, 0.1) is 0 Å². The van der Waals surface area contributed by atoms with Crippen molar-refractivity contribution < 1.29 is 4.79 Å². The van der Waals surface area contributed by atoms with Crippen LogP contribution in [0.1, 0.15) is 25.7 Å². The van der Waals surface area contributed by atoms with E-state index in [1.54, 1.807) is 0 Å². The number of rotatable bonds is 1. The van der Waals surface area contributed by atoms with Gasteiger partial charge in [-0.2, -0.15) is 0 Å². The van der Waals surface area contributed by atoms with Crippen LogP contribution in [0.3, 0.4) is 0 Å². The number of amides is 1. The summed E-state index contributed by atoms with van der Waals surface area (Å²) >= 11 is 0. The second-order valence-electron chi connectivity index (χ2n) is 2.78. The normalized spacial score (nSPS) is 22.1. The second kappa shape index (κ2) is 3.76. The molecule has 0 bridgehead atoms. The van der Waals surface area contributed by atoms with E-state index in [1.807, 2.05) is 0 Å². The van der Waals surface area contributed by atoms with E-state index in [1.165, 1.54) is 12.8 Å². The predicted molar refractivity (Wildman–Crippen MR) is 44.6 cm³/mol. The molecule has 1 rings (SSSR count). The van der Waals surface area contributed by atoms with Gasteiger partial charge < -0.3 is 4.57 Å². The van der Waals surface area contributed by atoms with Gasteiger partial charge in [0.1, 0.15) is 9.68 Å². The molecule has 1 saturated heterocycles. The summed E-state index contributed by atoms with van der Waals surface area (Å²) in [5, 5.41) is 0. The van der Waals surface area contributed by atoms with E-state index in [9.17, 15) is 4.79 Å². The molecular formula is C7H15NOSi. The molecule has 0 aliphatic carbocycles. The molecule has 0 aromatic heterocycles. The fourth-order valence-electron chi connectivity index (χ4n) is 1.37. The summed E-state index contributed by atoms with van der Waals surface area (Å²) in [6.07, 6.45) is 4.40. The van der Waals surface area contributed by atoms with Gasteiger partial charge in [0.15, 0.2) is 0 Å². The van der Waals surface area contributed by atoms with Gasteiger partial charge in [-0.05, 0) is 12.8 Å². The molecule has 10 heavy (non-hydrogen) atoms. The standard InChI is InChI=1S/C7H15NOSi/c1-10-8-6-4-2-3-5-7(8)9/h2-6,10H2,1H3. The molecule has 1 amide bonds. The Kier molecular flexibility index (Phi) is 2.93. The molecule has 1 fully saturated rings. The lowest BCUT2D eigenvalue weighted by atomic mass is 10.2. The Labute approximate surface area is 64.5 Å². The summed E-state index contributed by atoms with van der Waals surface area (Å²) in [6.45, 7) is 3.23. The van der Waals surface area contributed by atoms with E-state index < -0.39 is 0 Å². The Morgan fingerprint density at radius 3 is 2.90 bits per heavy atom. The Hall–Kier alpha value is -0.313. The van der Waals surface area contributed by atoms with Crippen LogP contribution < -0.4 is 0 Å². The molecule has 0 aromatic carbocycles. The fourth-order valence-corrected chi connectivity index (χ4v) is 2.42. The highest BCUT2D eigenvalue weighted by Gasteiger charge is 2.13. The average molecular weight is 157 g/mol. The predicted octanol–water partition coefficient (Wildman–Crippen LogP) is 0.521. The zero-order valence-electron chi connectivity index (χ0n) is 6.60. The lowest BCUT2D eigenvalue weighted by molar-refractivity contribution is -0.126. The maximum absolute atomic E-state index is 11.2. The first-order chi connectivity index (χ1) is 4.84. The smallest absolute Gasteiger partial charge is 0.214 e. The van der Waals surface area contributed by atoms with E-state index in [0.29, 0.717) is 5.91 Å². The first kappa shape index (κ1) is 7.79. The molecule has 0 aromatic rings. The topological polar surface area (TPSA) is 20.3 Å². The lowest BCUT2D eigenvalue weighted by Crippen LogP contribution is -2.32. The third-order valence-corrected chi connectivity index (χ3v) is 3.49. The quantitative estimate of drug-likeness (QED) is 0.508. The van der Waals surface area contributed by atoms with Crippen LogP contribution in [0, 0.1) is 0 Å². The van der Waals surface area contributed by atoms with Crippen LogP contribution in [0.2, 0.25) is 6.55 Å². The van der Waals surface area contributed by atoms with Gasteiger partial charge in [-0.25, -0.2) is 0 Å². The first-order valence-corrected chi connectivity index (χ1v) is 6.17. The monoisotopic (exact) mass is 157 g/mol. The zero-order valence-corrected chi connectivity index (χ0v) is 8.01. The van der Waals surface area contributed by atoms with Crippen LogP contribution in [0.25, 0.3) is 0 Å². The van der Waals surface area contributed by atoms with Crippen molar-refractivity contribution in [2.45, 2.75) is 32.2 Å². The first-order valence-electron chi connectivity index (χ1n) is 4.12. The van der Waals surface area contributed by atoms with E-state index in [0.717, 1.165) is 19.4 Å². The van der Waals surface area contributed by atoms with Gasteiger partial charge in [0, 0.05) is 13.0 Å². The van der Waals surface area contributed by atoms with Crippen molar-refractivity contribution in [2.75, 3.05) is 6.54 Å². The molecule has 1 heterocycles. The average Bonchev–Trinajstić information content (AvgIpc) is 2.13. The van der Waals surface area contributed by atoms with Crippen molar-refractivity contribution in [1.82, 2.24) is 4.57 Å². The highest BCUT2D eigenvalue weighted by atomic mass is 28.2. The maximum atomic E-state index is 11.2. The zero-order chi connectivity index (χ0) is 7.40. The van der Waals surface area contributed by atoms with Crippen molar-refractivity contribution in [3.05, 3.63) is 0 Å². The van der Waals surface area contributed by atoms with Gasteiger partial charge >= 0.3 is 0 Å². The molecule has 1 aliphatic rings. The SMILES string of the molecule is C[SiH2]N1CCCCCC1=O. The third kappa shape index (κ3) is 1.83. The molecule has 0 saturated carbocycles. The molecule has 0 N–H and O–H groups in total. The summed E-state index contributed by atoms with van der Waals surface area (Å²) in [5.41, 5.74) is 0. The Morgan fingerprint density at radius 2 is 2.20 bits per heavy atom. The summed E-state index contributed by atoms with van der Waals surface area (Å²) in [7, 11) is -0.218. The highest BCUT2D eigenvalue weighted by molar-refractivity contribution is 6.34. The number of carbonyl (C=O) groups excluding carboxylic acids is 1. The largest absolute Gasteiger partial charge is 0.375 e. The fraction of sp³-hybridized carbons (Fsp3) is 0.857. The van der Waals surface area contributed by atoms with Gasteiger partial charge in [0.25, 0.3) is 0 Å². The minimum Gasteiger partial charge on any atom is -0.375 e. The molecule has 2 nitrogen and oxygen atoms in total. The van der Waals surface area contributed by atoms with Crippen LogP contribution in [-0.4, -0.2) is 26.7 Å². The van der Waals surface area contributed by atoms with Crippen LogP contribution in [0.5, 0.6) is 0 Å². The van der Waals surface area contributed by atoms with Gasteiger partial charge in [-0.1, -0.05) is 13.0 Å². The van der Waals surface area contributed by atoms with E-state index in [4.69, 9.17) is 0 Å². The van der Waals surface area contributed by atoms with Crippen molar-refractivity contribution >= 4 is 15.6 Å². The van der Waals surface area contributed by atoms with E-state index in [-0.39, 0.29) is 9.68 Å². The summed E-state index contributed by atoms with van der Waals surface area (Å²) in [6, 6.07) is 0. The minimum atomic E-state index is -0.218. The Balaban J connectivity index is 2.43. The van der Waals surface area contributed by atoms with Crippen LogP contribution in [-0.2, 0) is 4.79 Å². The third-order valence-electron chi connectivity index (χ3n) is 2.05.